The molecule has 0 radical (unpaired) electrons. The van der Waals surface area contributed by atoms with Crippen LogP contribution in [0.25, 0.3) is 0 Å². The molecular weight excluding hydrogens is 578 g/mol. The second kappa shape index (κ2) is 12.8. The molecule has 4 heterocycles. The number of rotatable bonds is 9. The van der Waals surface area contributed by atoms with Crippen LogP contribution in [0.3, 0.4) is 0 Å². The van der Waals surface area contributed by atoms with Gasteiger partial charge in [-0.15, -0.1) is 0 Å². The number of carbonyl (C=O) groups excluding carboxylic acids is 2. The Bertz CT molecular complexity index is 1560. The third-order valence-corrected chi connectivity index (χ3v) is 9.26. The minimum atomic E-state index is -4.02. The first-order valence-electron chi connectivity index (χ1n) is 13.9. The van der Waals surface area contributed by atoms with Crippen LogP contribution < -0.4 is 15.0 Å². The lowest BCUT2D eigenvalue weighted by molar-refractivity contribution is -0.142. The molecule has 0 aliphatic carbocycles. The highest BCUT2D eigenvalue weighted by Gasteiger charge is 2.41. The Morgan fingerprint density at radius 1 is 1.05 bits per heavy atom. The van der Waals surface area contributed by atoms with Gasteiger partial charge in [0.2, 0.25) is 5.91 Å². The number of aryl methyl sites for hydroxylation is 1. The summed E-state index contributed by atoms with van der Waals surface area (Å²) in [7, 11) is -2.43. The van der Waals surface area contributed by atoms with E-state index < -0.39 is 40.1 Å². The van der Waals surface area contributed by atoms with E-state index in [4.69, 9.17) is 4.74 Å². The summed E-state index contributed by atoms with van der Waals surface area (Å²) < 4.78 is 34.1. The summed E-state index contributed by atoms with van der Waals surface area (Å²) in [6, 6.07) is 11.1. The molecule has 0 bridgehead atoms. The topological polar surface area (TPSA) is 167 Å². The standard InChI is InChI=1S/C28H33N7O7S/c1-32-14-11-25(31-32)43(40,41)35-13-4-5-23(35)26(36)30-22(27(37)38)19-20-7-9-21(10-8-20)42-28(39)34-17-15-33(16-18-34)24-6-2-3-12-29-24/h2-3,6-12,14,22-23H,4-5,13,15-19H2,1H3,(H,30,36)(H,37,38)/t22-,23-/m0/s1. The van der Waals surface area contributed by atoms with Crippen LogP contribution in [0.2, 0.25) is 0 Å². The van der Waals surface area contributed by atoms with Crippen molar-refractivity contribution in [1.29, 1.82) is 0 Å². The number of ether oxygens (including phenoxy) is 1. The van der Waals surface area contributed by atoms with Gasteiger partial charge >= 0.3 is 12.1 Å². The summed E-state index contributed by atoms with van der Waals surface area (Å²) in [5.41, 5.74) is 0.584. The first-order chi connectivity index (χ1) is 20.6. The van der Waals surface area contributed by atoms with Gasteiger partial charge in [-0.05, 0) is 48.7 Å². The molecule has 2 aromatic heterocycles. The highest BCUT2D eigenvalue weighted by molar-refractivity contribution is 7.89. The van der Waals surface area contributed by atoms with E-state index in [-0.39, 0.29) is 24.4 Å². The van der Waals surface area contributed by atoms with E-state index in [1.165, 1.54) is 16.9 Å². The van der Waals surface area contributed by atoms with Crippen molar-refractivity contribution >= 4 is 33.8 Å². The van der Waals surface area contributed by atoms with Crippen molar-refractivity contribution < 1.29 is 32.6 Å². The molecule has 2 N–H and O–H groups in total. The number of nitrogens with zero attached hydrogens (tertiary/aromatic N) is 6. The molecule has 2 saturated heterocycles. The summed E-state index contributed by atoms with van der Waals surface area (Å²) in [4.78, 5) is 45.9. The van der Waals surface area contributed by atoms with Crippen molar-refractivity contribution in [3.05, 3.63) is 66.5 Å². The lowest BCUT2D eigenvalue weighted by Gasteiger charge is -2.34. The van der Waals surface area contributed by atoms with Gasteiger partial charge in [0.15, 0.2) is 5.03 Å². The smallest absolute Gasteiger partial charge is 0.415 e. The van der Waals surface area contributed by atoms with E-state index in [0.717, 1.165) is 10.1 Å². The zero-order valence-electron chi connectivity index (χ0n) is 23.6. The van der Waals surface area contributed by atoms with Gasteiger partial charge in [0.25, 0.3) is 10.0 Å². The first-order valence-corrected chi connectivity index (χ1v) is 15.3. The average Bonchev–Trinajstić information content (AvgIpc) is 3.69. The van der Waals surface area contributed by atoms with Crippen molar-refractivity contribution in [3.8, 4) is 5.75 Å². The van der Waals surface area contributed by atoms with Crippen LogP contribution in [0.5, 0.6) is 5.75 Å². The van der Waals surface area contributed by atoms with Crippen LogP contribution in [0.4, 0.5) is 10.6 Å². The Morgan fingerprint density at radius 2 is 1.79 bits per heavy atom. The third-order valence-electron chi connectivity index (χ3n) is 7.46. The Morgan fingerprint density at radius 3 is 2.42 bits per heavy atom. The van der Waals surface area contributed by atoms with Gasteiger partial charge in [-0.2, -0.15) is 9.40 Å². The van der Waals surface area contributed by atoms with E-state index in [9.17, 15) is 27.9 Å². The number of nitrogens with one attached hydrogen (secondary N) is 1. The number of carboxylic acids is 1. The molecule has 2 aliphatic heterocycles. The van der Waals surface area contributed by atoms with E-state index in [1.807, 2.05) is 18.2 Å². The monoisotopic (exact) mass is 611 g/mol. The predicted octanol–water partition coefficient (Wildman–Crippen LogP) is 1.10. The van der Waals surface area contributed by atoms with Crippen LogP contribution in [-0.4, -0.2) is 100 Å². The molecule has 14 nitrogen and oxygen atoms in total. The summed E-state index contributed by atoms with van der Waals surface area (Å²) in [6.45, 7) is 2.35. The SMILES string of the molecule is Cn1ccc(S(=O)(=O)N2CCC[C@H]2C(=O)N[C@@H](Cc2ccc(OC(=O)N3CCN(c4ccccn4)CC3)cc2)C(=O)O)n1. The Balaban J connectivity index is 1.15. The molecule has 5 rings (SSSR count). The molecule has 2 atom stereocenters. The van der Waals surface area contributed by atoms with Crippen LogP contribution >= 0.6 is 0 Å². The molecule has 43 heavy (non-hydrogen) atoms. The van der Waals surface area contributed by atoms with Gasteiger partial charge in [0.05, 0.1) is 0 Å². The molecule has 228 valence electrons. The minimum Gasteiger partial charge on any atom is -0.480 e. The molecule has 0 saturated carbocycles. The number of sulfonamides is 1. The molecule has 0 spiro atoms. The Labute approximate surface area is 248 Å². The molecule has 15 heteroatoms. The highest BCUT2D eigenvalue weighted by atomic mass is 32.2. The van der Waals surface area contributed by atoms with Crippen LogP contribution in [0.15, 0.2) is 66.0 Å². The average molecular weight is 612 g/mol. The number of aliphatic carboxylic acids is 1. The number of piperazine rings is 1. The number of pyridine rings is 1. The van der Waals surface area contributed by atoms with Gasteiger partial charge < -0.3 is 25.0 Å². The summed E-state index contributed by atoms with van der Waals surface area (Å²) >= 11 is 0. The summed E-state index contributed by atoms with van der Waals surface area (Å²) in [6.07, 6.45) is 3.42. The van der Waals surface area contributed by atoms with E-state index in [0.29, 0.717) is 43.9 Å². The zero-order chi connectivity index (χ0) is 30.6. The van der Waals surface area contributed by atoms with Gasteiger partial charge in [-0.1, -0.05) is 18.2 Å². The fraction of sp³-hybridized carbons (Fsp3) is 0.393. The second-order valence-corrected chi connectivity index (χ2v) is 12.2. The van der Waals surface area contributed by atoms with Crippen molar-refractivity contribution in [2.75, 3.05) is 37.6 Å². The normalized spacial score (nSPS) is 18.3. The van der Waals surface area contributed by atoms with Gasteiger partial charge in [0, 0.05) is 58.6 Å². The van der Waals surface area contributed by atoms with Crippen molar-refractivity contribution in [1.82, 2.24) is 29.3 Å². The molecule has 3 aromatic rings. The lowest BCUT2D eigenvalue weighted by atomic mass is 10.1. The second-order valence-electron chi connectivity index (χ2n) is 10.4. The first kappa shape index (κ1) is 30.0. The van der Waals surface area contributed by atoms with Crippen molar-refractivity contribution in [2.45, 2.75) is 36.4 Å². The lowest BCUT2D eigenvalue weighted by Crippen LogP contribution is -2.51. The fourth-order valence-corrected chi connectivity index (χ4v) is 6.77. The van der Waals surface area contributed by atoms with E-state index in [2.05, 4.69) is 20.3 Å². The molecule has 2 fully saturated rings. The number of amides is 2. The molecule has 2 amide bonds. The Kier molecular flexibility index (Phi) is 8.92. The molecule has 2 aliphatic rings. The van der Waals surface area contributed by atoms with E-state index in [1.54, 1.807) is 42.4 Å². The number of carbonyl (C=O) groups is 3. The molecule has 0 unspecified atom stereocenters. The third kappa shape index (κ3) is 6.94. The van der Waals surface area contributed by atoms with Gasteiger partial charge in [-0.3, -0.25) is 9.48 Å². The maximum Gasteiger partial charge on any atom is 0.415 e. The van der Waals surface area contributed by atoms with Gasteiger partial charge in [0.1, 0.15) is 23.7 Å². The number of anilines is 1. The van der Waals surface area contributed by atoms with Crippen LogP contribution in [-0.2, 0) is 33.1 Å². The number of carboxylic acid groups (broad SMARTS) is 1. The summed E-state index contributed by atoms with van der Waals surface area (Å²) in [5.74, 6) is -0.779. The predicted molar refractivity (Wildman–Crippen MR) is 154 cm³/mol. The fourth-order valence-electron chi connectivity index (χ4n) is 5.16. The maximum atomic E-state index is 13.1. The molecule has 1 aromatic carbocycles. The number of benzene rings is 1. The maximum absolute atomic E-state index is 13.1. The van der Waals surface area contributed by atoms with Crippen molar-refractivity contribution in [3.63, 3.8) is 0 Å². The number of hydrogen-bond donors (Lipinski definition) is 2. The highest BCUT2D eigenvalue weighted by Crippen LogP contribution is 2.26. The minimum absolute atomic E-state index is 0.0511. The van der Waals surface area contributed by atoms with Crippen molar-refractivity contribution in [2.24, 2.45) is 7.05 Å². The zero-order valence-corrected chi connectivity index (χ0v) is 24.4. The number of aromatic nitrogens is 3. The largest absolute Gasteiger partial charge is 0.480 e. The quantitative estimate of drug-likeness (QED) is 0.358. The van der Waals surface area contributed by atoms with Gasteiger partial charge in [-0.25, -0.2) is 23.0 Å². The van der Waals surface area contributed by atoms with Crippen LogP contribution in [0, 0.1) is 0 Å². The Hall–Kier alpha value is -4.50. The van der Waals surface area contributed by atoms with E-state index >= 15 is 0 Å². The summed E-state index contributed by atoms with van der Waals surface area (Å²) in [5, 5.41) is 16.1. The number of hydrogen-bond acceptors (Lipinski definition) is 9. The molecular formula is C28H33N7O7S. The van der Waals surface area contributed by atoms with Crippen LogP contribution in [0.1, 0.15) is 18.4 Å².